The molecule has 0 amide bonds. The van der Waals surface area contributed by atoms with Gasteiger partial charge in [-0.05, 0) is 37.3 Å². The molecule has 0 unspecified atom stereocenters. The van der Waals surface area contributed by atoms with Gasteiger partial charge in [-0.25, -0.2) is 0 Å². The van der Waals surface area contributed by atoms with Crippen molar-refractivity contribution in [1.29, 1.82) is 0 Å². The zero-order valence-corrected chi connectivity index (χ0v) is 12.0. The van der Waals surface area contributed by atoms with Crippen molar-refractivity contribution in [3.05, 3.63) is 70.1 Å². The lowest BCUT2D eigenvalue weighted by atomic mass is 10.0. The molecule has 2 aromatic rings. The molecule has 0 aliphatic rings. The van der Waals surface area contributed by atoms with Crippen molar-refractivity contribution in [3.8, 4) is 0 Å². The Hall–Kier alpha value is -1.83. The molecule has 0 fully saturated rings. The molecule has 2 heteroatoms. The van der Waals surface area contributed by atoms with E-state index in [9.17, 15) is 4.79 Å². The van der Waals surface area contributed by atoms with Crippen LogP contribution in [-0.2, 0) is 12.8 Å². The van der Waals surface area contributed by atoms with Gasteiger partial charge in [0.1, 0.15) is 0 Å². The summed E-state index contributed by atoms with van der Waals surface area (Å²) in [7, 11) is 0. The number of aryl methyl sites for hydroxylation is 2. The van der Waals surface area contributed by atoms with Crippen LogP contribution in [0.2, 0.25) is 0 Å². The third-order valence-corrected chi connectivity index (χ3v) is 3.65. The first-order chi connectivity index (χ1) is 9.86. The third-order valence-electron chi connectivity index (χ3n) is 3.65. The van der Waals surface area contributed by atoms with Crippen LogP contribution >= 0.6 is 0 Å². The fraction of sp³-hybridized carbons (Fsp3) is 0.389. The zero-order valence-electron chi connectivity index (χ0n) is 12.0. The van der Waals surface area contributed by atoms with Gasteiger partial charge in [0.05, 0.1) is 0 Å². The monoisotopic (exact) mass is 269 g/mol. The summed E-state index contributed by atoms with van der Waals surface area (Å²) in [5.74, 6) is 0. The Morgan fingerprint density at radius 1 is 0.750 bits per heavy atom. The van der Waals surface area contributed by atoms with E-state index in [1.165, 1.54) is 37.7 Å². The Balaban J connectivity index is 1.54. The van der Waals surface area contributed by atoms with E-state index in [-0.39, 0.29) is 5.56 Å². The van der Waals surface area contributed by atoms with Gasteiger partial charge in [0, 0.05) is 11.8 Å². The summed E-state index contributed by atoms with van der Waals surface area (Å²) in [5.41, 5.74) is 2.41. The van der Waals surface area contributed by atoms with Crippen molar-refractivity contribution in [1.82, 2.24) is 4.98 Å². The van der Waals surface area contributed by atoms with Crippen LogP contribution in [0.4, 0.5) is 0 Å². The minimum absolute atomic E-state index is 0.0663. The van der Waals surface area contributed by atoms with Crippen LogP contribution in [0.25, 0.3) is 0 Å². The lowest BCUT2D eigenvalue weighted by Gasteiger charge is -2.02. The van der Waals surface area contributed by atoms with E-state index in [1.807, 2.05) is 12.1 Å². The molecule has 1 aromatic carbocycles. The Morgan fingerprint density at radius 3 is 2.20 bits per heavy atom. The van der Waals surface area contributed by atoms with Crippen molar-refractivity contribution in [2.75, 3.05) is 0 Å². The highest BCUT2D eigenvalue weighted by Gasteiger charge is 1.98. The molecule has 1 N–H and O–H groups in total. The maximum Gasteiger partial charge on any atom is 0.251 e. The Labute approximate surface area is 120 Å². The predicted octanol–water partition coefficient (Wildman–Crippen LogP) is 4.11. The number of aromatic nitrogens is 1. The molecular weight excluding hydrogens is 246 g/mol. The standard InChI is InChI=1S/C18H23NO/c20-18-17(14-9-15-19-18)13-8-3-1-2-5-10-16-11-6-4-7-12-16/h4,6-7,9,11-12,14-15H,1-3,5,8,10,13H2,(H,19,20). The second kappa shape index (κ2) is 8.36. The smallest absolute Gasteiger partial charge is 0.251 e. The highest BCUT2D eigenvalue weighted by molar-refractivity contribution is 5.14. The molecule has 2 rings (SSSR count). The lowest BCUT2D eigenvalue weighted by Crippen LogP contribution is -2.10. The average molecular weight is 269 g/mol. The van der Waals surface area contributed by atoms with Crippen LogP contribution in [0.5, 0.6) is 0 Å². The Kier molecular flexibility index (Phi) is 6.09. The number of nitrogens with one attached hydrogen (secondary N) is 1. The van der Waals surface area contributed by atoms with Gasteiger partial charge >= 0.3 is 0 Å². The second-order valence-electron chi connectivity index (χ2n) is 5.28. The first-order valence-electron chi connectivity index (χ1n) is 7.57. The van der Waals surface area contributed by atoms with Gasteiger partial charge in [-0.15, -0.1) is 0 Å². The molecule has 20 heavy (non-hydrogen) atoms. The van der Waals surface area contributed by atoms with E-state index in [1.54, 1.807) is 6.20 Å². The Bertz CT molecular complexity index is 545. The first-order valence-corrected chi connectivity index (χ1v) is 7.57. The van der Waals surface area contributed by atoms with Gasteiger partial charge < -0.3 is 4.98 Å². The van der Waals surface area contributed by atoms with Crippen LogP contribution in [0, 0.1) is 0 Å². The largest absolute Gasteiger partial charge is 0.329 e. The summed E-state index contributed by atoms with van der Waals surface area (Å²) < 4.78 is 0. The quantitative estimate of drug-likeness (QED) is 0.719. The van der Waals surface area contributed by atoms with Crippen molar-refractivity contribution in [3.63, 3.8) is 0 Å². The number of aromatic amines is 1. The molecule has 0 saturated heterocycles. The van der Waals surface area contributed by atoms with Crippen LogP contribution in [0.1, 0.15) is 43.2 Å². The summed E-state index contributed by atoms with van der Waals surface area (Å²) in [6.45, 7) is 0. The molecule has 0 radical (unpaired) electrons. The van der Waals surface area contributed by atoms with E-state index < -0.39 is 0 Å². The van der Waals surface area contributed by atoms with E-state index >= 15 is 0 Å². The lowest BCUT2D eigenvalue weighted by molar-refractivity contribution is 0.612. The van der Waals surface area contributed by atoms with Gasteiger partial charge in [-0.1, -0.05) is 55.7 Å². The van der Waals surface area contributed by atoms with E-state index in [0.717, 1.165) is 18.4 Å². The molecule has 0 aliphatic heterocycles. The van der Waals surface area contributed by atoms with E-state index in [2.05, 4.69) is 35.3 Å². The third kappa shape index (κ3) is 5.04. The topological polar surface area (TPSA) is 32.9 Å². The first kappa shape index (κ1) is 14.6. The molecule has 106 valence electrons. The van der Waals surface area contributed by atoms with Crippen molar-refractivity contribution < 1.29 is 0 Å². The molecular formula is C18H23NO. The average Bonchev–Trinajstić information content (AvgIpc) is 2.49. The van der Waals surface area contributed by atoms with Crippen LogP contribution in [-0.4, -0.2) is 4.98 Å². The maximum atomic E-state index is 11.5. The molecule has 0 saturated carbocycles. The minimum Gasteiger partial charge on any atom is -0.329 e. The van der Waals surface area contributed by atoms with Gasteiger partial charge in [0.2, 0.25) is 0 Å². The highest BCUT2D eigenvalue weighted by atomic mass is 16.1. The number of pyridine rings is 1. The van der Waals surface area contributed by atoms with Crippen LogP contribution in [0.3, 0.4) is 0 Å². The molecule has 1 heterocycles. The summed E-state index contributed by atoms with van der Waals surface area (Å²) in [5, 5.41) is 0. The number of H-pyrrole nitrogens is 1. The molecule has 2 nitrogen and oxygen atoms in total. The molecule has 0 aliphatic carbocycles. The number of rotatable bonds is 8. The second-order valence-corrected chi connectivity index (χ2v) is 5.28. The minimum atomic E-state index is 0.0663. The van der Waals surface area contributed by atoms with Crippen molar-refractivity contribution >= 4 is 0 Å². The van der Waals surface area contributed by atoms with E-state index in [0.29, 0.717) is 0 Å². The predicted molar refractivity (Wildman–Crippen MR) is 84.0 cm³/mol. The Morgan fingerprint density at radius 2 is 1.45 bits per heavy atom. The summed E-state index contributed by atoms with van der Waals surface area (Å²) in [4.78, 5) is 14.2. The number of hydrogen-bond acceptors (Lipinski definition) is 1. The van der Waals surface area contributed by atoms with Gasteiger partial charge in [0.25, 0.3) is 5.56 Å². The SMILES string of the molecule is O=c1[nH]cccc1CCCCCCCc1ccccc1. The van der Waals surface area contributed by atoms with E-state index in [4.69, 9.17) is 0 Å². The number of hydrogen-bond donors (Lipinski definition) is 1. The van der Waals surface area contributed by atoms with Gasteiger partial charge in [-0.2, -0.15) is 0 Å². The van der Waals surface area contributed by atoms with Crippen molar-refractivity contribution in [2.24, 2.45) is 0 Å². The molecule has 0 spiro atoms. The normalized spacial score (nSPS) is 10.6. The highest BCUT2D eigenvalue weighted by Crippen LogP contribution is 2.10. The summed E-state index contributed by atoms with van der Waals surface area (Å²) >= 11 is 0. The zero-order chi connectivity index (χ0) is 14.0. The molecule has 1 aromatic heterocycles. The number of unbranched alkanes of at least 4 members (excludes halogenated alkanes) is 4. The molecule has 0 atom stereocenters. The fourth-order valence-corrected chi connectivity index (χ4v) is 2.47. The van der Waals surface area contributed by atoms with Crippen LogP contribution < -0.4 is 5.56 Å². The molecule has 0 bridgehead atoms. The van der Waals surface area contributed by atoms with Gasteiger partial charge in [-0.3, -0.25) is 4.79 Å². The maximum absolute atomic E-state index is 11.5. The van der Waals surface area contributed by atoms with Crippen LogP contribution in [0.15, 0.2) is 53.5 Å². The fourth-order valence-electron chi connectivity index (χ4n) is 2.47. The summed E-state index contributed by atoms with van der Waals surface area (Å²) in [6, 6.07) is 14.5. The number of benzene rings is 1. The van der Waals surface area contributed by atoms with Crippen molar-refractivity contribution in [2.45, 2.75) is 44.9 Å². The summed E-state index contributed by atoms with van der Waals surface area (Å²) in [6.07, 6.45) is 9.89. The van der Waals surface area contributed by atoms with Gasteiger partial charge in [0.15, 0.2) is 0 Å².